The SMILES string of the molecule is CCOc1ccccc1-n1nnc(CN)c1-c1ccncc1. The lowest BCUT2D eigenvalue weighted by molar-refractivity contribution is 0.338. The van der Waals surface area contributed by atoms with Crippen LogP contribution in [0.15, 0.2) is 48.8 Å². The van der Waals surface area contributed by atoms with Gasteiger partial charge in [0.05, 0.1) is 12.3 Å². The van der Waals surface area contributed by atoms with Crippen molar-refractivity contribution >= 4 is 0 Å². The highest BCUT2D eigenvalue weighted by Crippen LogP contribution is 2.29. The van der Waals surface area contributed by atoms with E-state index in [-0.39, 0.29) is 0 Å². The van der Waals surface area contributed by atoms with Crippen molar-refractivity contribution in [1.29, 1.82) is 0 Å². The smallest absolute Gasteiger partial charge is 0.145 e. The molecular weight excluding hydrogens is 278 g/mol. The molecule has 0 bridgehead atoms. The molecule has 22 heavy (non-hydrogen) atoms. The normalized spacial score (nSPS) is 10.6. The minimum atomic E-state index is 0.314. The molecule has 3 aromatic rings. The van der Waals surface area contributed by atoms with Gasteiger partial charge in [0, 0.05) is 24.5 Å². The second-order valence-corrected chi connectivity index (χ2v) is 4.64. The van der Waals surface area contributed by atoms with E-state index >= 15 is 0 Å². The number of hydrogen-bond acceptors (Lipinski definition) is 5. The van der Waals surface area contributed by atoms with Crippen molar-refractivity contribution in [2.75, 3.05) is 6.61 Å². The molecule has 0 atom stereocenters. The Kier molecular flexibility index (Phi) is 4.11. The second-order valence-electron chi connectivity index (χ2n) is 4.64. The molecule has 0 saturated heterocycles. The molecule has 2 N–H and O–H groups in total. The predicted octanol–water partition coefficient (Wildman–Crippen LogP) is 2.19. The number of ether oxygens (including phenoxy) is 1. The molecule has 0 aliphatic rings. The molecule has 0 amide bonds. The van der Waals surface area contributed by atoms with Crippen LogP contribution in [0.2, 0.25) is 0 Å². The summed E-state index contributed by atoms with van der Waals surface area (Å²) in [5, 5.41) is 8.46. The third-order valence-corrected chi connectivity index (χ3v) is 3.28. The molecule has 1 aromatic carbocycles. The molecular formula is C16H17N5O. The number of nitrogens with two attached hydrogens (primary N) is 1. The van der Waals surface area contributed by atoms with Crippen LogP contribution in [0.1, 0.15) is 12.6 Å². The summed E-state index contributed by atoms with van der Waals surface area (Å²) >= 11 is 0. The van der Waals surface area contributed by atoms with Crippen LogP contribution in [0.4, 0.5) is 0 Å². The van der Waals surface area contributed by atoms with E-state index in [1.807, 2.05) is 43.3 Å². The van der Waals surface area contributed by atoms with Gasteiger partial charge in [-0.1, -0.05) is 17.3 Å². The van der Waals surface area contributed by atoms with Gasteiger partial charge >= 0.3 is 0 Å². The maximum Gasteiger partial charge on any atom is 0.145 e. The van der Waals surface area contributed by atoms with Crippen LogP contribution in [0, 0.1) is 0 Å². The van der Waals surface area contributed by atoms with Gasteiger partial charge in [0.15, 0.2) is 0 Å². The third kappa shape index (κ3) is 2.56. The van der Waals surface area contributed by atoms with Gasteiger partial charge < -0.3 is 10.5 Å². The van der Waals surface area contributed by atoms with Crippen molar-refractivity contribution in [3.63, 3.8) is 0 Å². The fraction of sp³-hybridized carbons (Fsp3) is 0.188. The minimum absolute atomic E-state index is 0.314. The van der Waals surface area contributed by atoms with E-state index in [4.69, 9.17) is 10.5 Å². The van der Waals surface area contributed by atoms with E-state index in [0.717, 1.165) is 28.4 Å². The molecule has 0 saturated carbocycles. The van der Waals surface area contributed by atoms with Gasteiger partial charge in [0.1, 0.15) is 17.1 Å². The van der Waals surface area contributed by atoms with Crippen molar-refractivity contribution in [2.45, 2.75) is 13.5 Å². The molecule has 0 fully saturated rings. The van der Waals surface area contributed by atoms with Gasteiger partial charge in [-0.2, -0.15) is 0 Å². The molecule has 2 heterocycles. The first-order valence-corrected chi connectivity index (χ1v) is 7.12. The first kappa shape index (κ1) is 14.2. The van der Waals surface area contributed by atoms with Crippen molar-refractivity contribution in [1.82, 2.24) is 20.0 Å². The van der Waals surface area contributed by atoms with Gasteiger partial charge in [-0.15, -0.1) is 5.10 Å². The van der Waals surface area contributed by atoms with E-state index in [0.29, 0.717) is 13.2 Å². The number of hydrogen-bond donors (Lipinski definition) is 1. The van der Waals surface area contributed by atoms with Crippen molar-refractivity contribution in [3.05, 3.63) is 54.5 Å². The number of para-hydroxylation sites is 2. The number of pyridine rings is 1. The van der Waals surface area contributed by atoms with E-state index in [9.17, 15) is 0 Å². The average Bonchev–Trinajstić information content (AvgIpc) is 3.00. The zero-order valence-electron chi connectivity index (χ0n) is 12.3. The zero-order chi connectivity index (χ0) is 15.4. The van der Waals surface area contributed by atoms with Crippen LogP contribution in [0.3, 0.4) is 0 Å². The molecule has 6 nitrogen and oxygen atoms in total. The summed E-state index contributed by atoms with van der Waals surface area (Å²) in [7, 11) is 0. The van der Waals surface area contributed by atoms with Crippen LogP contribution < -0.4 is 10.5 Å². The number of benzene rings is 1. The second kappa shape index (κ2) is 6.36. The number of aromatic nitrogens is 4. The largest absolute Gasteiger partial charge is 0.492 e. The Morgan fingerprint density at radius 3 is 2.64 bits per heavy atom. The number of nitrogens with zero attached hydrogens (tertiary/aromatic N) is 4. The topological polar surface area (TPSA) is 78.8 Å². The van der Waals surface area contributed by atoms with Crippen LogP contribution in [0.25, 0.3) is 16.9 Å². The lowest BCUT2D eigenvalue weighted by Crippen LogP contribution is -2.05. The molecule has 0 aliphatic carbocycles. The molecule has 2 aromatic heterocycles. The number of rotatable bonds is 5. The molecule has 0 unspecified atom stereocenters. The van der Waals surface area contributed by atoms with Crippen molar-refractivity contribution in [2.24, 2.45) is 5.73 Å². The lowest BCUT2D eigenvalue weighted by Gasteiger charge is -2.12. The zero-order valence-corrected chi connectivity index (χ0v) is 12.3. The fourth-order valence-electron chi connectivity index (χ4n) is 2.33. The van der Waals surface area contributed by atoms with Gasteiger partial charge in [-0.05, 0) is 31.2 Å². The summed E-state index contributed by atoms with van der Waals surface area (Å²) < 4.78 is 7.46. The van der Waals surface area contributed by atoms with E-state index in [1.54, 1.807) is 17.1 Å². The Hall–Kier alpha value is -2.73. The highest BCUT2D eigenvalue weighted by atomic mass is 16.5. The van der Waals surface area contributed by atoms with Crippen LogP contribution in [-0.2, 0) is 6.54 Å². The van der Waals surface area contributed by atoms with Gasteiger partial charge in [-0.25, -0.2) is 4.68 Å². The molecule has 6 heteroatoms. The fourth-order valence-corrected chi connectivity index (χ4v) is 2.33. The summed E-state index contributed by atoms with van der Waals surface area (Å²) in [5.41, 5.74) is 9.21. The van der Waals surface area contributed by atoms with Crippen LogP contribution >= 0.6 is 0 Å². The quantitative estimate of drug-likeness (QED) is 0.780. The molecule has 0 radical (unpaired) electrons. The highest BCUT2D eigenvalue weighted by Gasteiger charge is 2.17. The maximum atomic E-state index is 5.81. The average molecular weight is 295 g/mol. The van der Waals surface area contributed by atoms with E-state index in [1.165, 1.54) is 0 Å². The summed E-state index contributed by atoms with van der Waals surface area (Å²) in [6.07, 6.45) is 3.48. The first-order valence-electron chi connectivity index (χ1n) is 7.12. The Morgan fingerprint density at radius 1 is 1.14 bits per heavy atom. The minimum Gasteiger partial charge on any atom is -0.492 e. The maximum absolute atomic E-state index is 5.81. The first-order chi connectivity index (χ1) is 10.8. The summed E-state index contributed by atoms with van der Waals surface area (Å²) in [6, 6.07) is 11.6. The predicted molar refractivity (Wildman–Crippen MR) is 83.7 cm³/mol. The molecule has 0 spiro atoms. The standard InChI is InChI=1S/C16H17N5O/c1-2-22-15-6-4-3-5-14(15)21-16(13(11-17)19-20-21)12-7-9-18-10-8-12/h3-10H,2,11,17H2,1H3. The third-order valence-electron chi connectivity index (χ3n) is 3.28. The molecule has 0 aliphatic heterocycles. The van der Waals surface area contributed by atoms with Crippen LogP contribution in [0.5, 0.6) is 5.75 Å². The molecule has 3 rings (SSSR count). The molecule has 112 valence electrons. The van der Waals surface area contributed by atoms with E-state index in [2.05, 4.69) is 15.3 Å². The summed E-state index contributed by atoms with van der Waals surface area (Å²) in [5.74, 6) is 0.758. The summed E-state index contributed by atoms with van der Waals surface area (Å²) in [4.78, 5) is 4.05. The van der Waals surface area contributed by atoms with Gasteiger partial charge in [0.25, 0.3) is 0 Å². The van der Waals surface area contributed by atoms with Crippen LogP contribution in [-0.4, -0.2) is 26.6 Å². The van der Waals surface area contributed by atoms with E-state index < -0.39 is 0 Å². The Balaban J connectivity index is 2.19. The van der Waals surface area contributed by atoms with Crippen molar-refractivity contribution < 1.29 is 4.74 Å². The van der Waals surface area contributed by atoms with Gasteiger partial charge in [0.2, 0.25) is 0 Å². The Bertz CT molecular complexity index is 754. The highest BCUT2D eigenvalue weighted by molar-refractivity contribution is 5.65. The Labute approximate surface area is 128 Å². The summed E-state index contributed by atoms with van der Waals surface area (Å²) in [6.45, 7) is 2.85. The van der Waals surface area contributed by atoms with Crippen molar-refractivity contribution in [3.8, 4) is 22.7 Å². The Morgan fingerprint density at radius 2 is 1.91 bits per heavy atom. The van der Waals surface area contributed by atoms with Gasteiger partial charge in [-0.3, -0.25) is 4.98 Å². The monoisotopic (exact) mass is 295 g/mol. The lowest BCUT2D eigenvalue weighted by atomic mass is 10.1.